The lowest BCUT2D eigenvalue weighted by Gasteiger charge is -2.34. The van der Waals surface area contributed by atoms with Gasteiger partial charge in [0.25, 0.3) is 5.91 Å². The molecule has 0 bridgehead atoms. The number of amides is 3. The molecule has 7 nitrogen and oxygen atoms in total. The van der Waals surface area contributed by atoms with Gasteiger partial charge in [-0.15, -0.1) is 0 Å². The van der Waals surface area contributed by atoms with Gasteiger partial charge in [0.05, 0.1) is 19.1 Å². The van der Waals surface area contributed by atoms with Crippen molar-refractivity contribution in [1.82, 2.24) is 4.90 Å². The van der Waals surface area contributed by atoms with Crippen molar-refractivity contribution in [2.75, 3.05) is 23.8 Å². The van der Waals surface area contributed by atoms with Crippen molar-refractivity contribution in [3.8, 4) is 0 Å². The molecule has 2 saturated heterocycles. The largest absolute Gasteiger partial charge is 0.366 e. The van der Waals surface area contributed by atoms with E-state index in [-0.39, 0.29) is 30.2 Å². The van der Waals surface area contributed by atoms with E-state index in [1.54, 1.807) is 24.3 Å². The van der Waals surface area contributed by atoms with Gasteiger partial charge in [0, 0.05) is 24.8 Å². The van der Waals surface area contributed by atoms with Gasteiger partial charge in [0.1, 0.15) is 6.10 Å². The predicted octanol–water partition coefficient (Wildman–Crippen LogP) is 1.36. The Hall–Kier alpha value is -2.41. The summed E-state index contributed by atoms with van der Waals surface area (Å²) in [5, 5.41) is 5.40. The molecule has 24 heavy (non-hydrogen) atoms. The number of nitrogens with one attached hydrogen (secondary N) is 2. The lowest BCUT2D eigenvalue weighted by molar-refractivity contribution is -0.158. The monoisotopic (exact) mass is 331 g/mol. The van der Waals surface area contributed by atoms with Crippen molar-refractivity contribution in [1.29, 1.82) is 0 Å². The van der Waals surface area contributed by atoms with Crippen LogP contribution in [-0.4, -0.2) is 47.9 Å². The number of benzene rings is 1. The molecule has 128 valence electrons. The Morgan fingerprint density at radius 3 is 2.54 bits per heavy atom. The van der Waals surface area contributed by atoms with Crippen molar-refractivity contribution < 1.29 is 19.1 Å². The number of anilines is 2. The fourth-order valence-electron chi connectivity index (χ4n) is 3.15. The Bertz CT molecular complexity index is 644. The van der Waals surface area contributed by atoms with Gasteiger partial charge in [-0.25, -0.2) is 0 Å². The number of rotatable bonds is 4. The van der Waals surface area contributed by atoms with Gasteiger partial charge in [-0.2, -0.15) is 0 Å². The smallest absolute Gasteiger partial charge is 0.252 e. The van der Waals surface area contributed by atoms with Crippen LogP contribution in [0.1, 0.15) is 26.2 Å². The minimum atomic E-state index is -0.696. The molecule has 7 heteroatoms. The maximum absolute atomic E-state index is 12.3. The Morgan fingerprint density at radius 1 is 1.21 bits per heavy atom. The van der Waals surface area contributed by atoms with Crippen molar-refractivity contribution >= 4 is 29.1 Å². The number of carbonyl (C=O) groups is 3. The third kappa shape index (κ3) is 3.73. The molecule has 0 saturated carbocycles. The standard InChI is InChI=1S/C17H21N3O4/c1-11(21)18-12-4-6-13(7-5-12)19-16(22)9-15-17(23)20-8-2-3-14(20)10-24-15/h4-7,14-15H,2-3,8-10H2,1H3,(H,18,21)(H,19,22)/t14-,15+/m1/s1. The minimum Gasteiger partial charge on any atom is -0.366 e. The normalized spacial score (nSPS) is 22.9. The summed E-state index contributed by atoms with van der Waals surface area (Å²) < 4.78 is 5.58. The van der Waals surface area contributed by atoms with E-state index in [1.807, 2.05) is 4.90 Å². The summed E-state index contributed by atoms with van der Waals surface area (Å²) in [7, 11) is 0. The molecule has 2 aliphatic heterocycles. The highest BCUT2D eigenvalue weighted by molar-refractivity contribution is 5.95. The van der Waals surface area contributed by atoms with Crippen LogP contribution >= 0.6 is 0 Å². The van der Waals surface area contributed by atoms with Gasteiger partial charge in [0.15, 0.2) is 0 Å². The molecule has 0 spiro atoms. The molecule has 2 aliphatic rings. The van der Waals surface area contributed by atoms with Crippen LogP contribution in [0.4, 0.5) is 11.4 Å². The summed E-state index contributed by atoms with van der Waals surface area (Å²) in [5.74, 6) is -0.502. The lowest BCUT2D eigenvalue weighted by atomic mass is 10.1. The number of hydrogen-bond acceptors (Lipinski definition) is 4. The van der Waals surface area contributed by atoms with E-state index in [4.69, 9.17) is 4.74 Å². The zero-order valence-corrected chi connectivity index (χ0v) is 13.6. The number of hydrogen-bond donors (Lipinski definition) is 2. The van der Waals surface area contributed by atoms with Crippen LogP contribution in [0.15, 0.2) is 24.3 Å². The van der Waals surface area contributed by atoms with E-state index in [0.29, 0.717) is 18.0 Å². The summed E-state index contributed by atoms with van der Waals surface area (Å²) >= 11 is 0. The van der Waals surface area contributed by atoms with Crippen LogP contribution in [0.2, 0.25) is 0 Å². The number of nitrogens with zero attached hydrogens (tertiary/aromatic N) is 1. The van der Waals surface area contributed by atoms with Crippen LogP contribution in [0.5, 0.6) is 0 Å². The van der Waals surface area contributed by atoms with E-state index in [0.717, 1.165) is 19.4 Å². The topological polar surface area (TPSA) is 87.7 Å². The fraction of sp³-hybridized carbons (Fsp3) is 0.471. The van der Waals surface area contributed by atoms with Crippen molar-refractivity contribution in [2.24, 2.45) is 0 Å². The van der Waals surface area contributed by atoms with E-state index < -0.39 is 6.10 Å². The molecule has 0 aliphatic carbocycles. The predicted molar refractivity (Wildman–Crippen MR) is 88.5 cm³/mol. The average molecular weight is 331 g/mol. The summed E-state index contributed by atoms with van der Waals surface area (Å²) in [6, 6.07) is 6.98. The zero-order chi connectivity index (χ0) is 17.1. The lowest BCUT2D eigenvalue weighted by Crippen LogP contribution is -2.51. The summed E-state index contributed by atoms with van der Waals surface area (Å²) in [4.78, 5) is 37.3. The van der Waals surface area contributed by atoms with Crippen molar-refractivity contribution in [2.45, 2.75) is 38.3 Å². The maximum Gasteiger partial charge on any atom is 0.252 e. The molecule has 2 atom stereocenters. The number of carbonyl (C=O) groups excluding carboxylic acids is 3. The van der Waals surface area contributed by atoms with Gasteiger partial charge in [-0.3, -0.25) is 14.4 Å². The fourth-order valence-corrected chi connectivity index (χ4v) is 3.15. The SMILES string of the molecule is CC(=O)Nc1ccc(NC(=O)C[C@@H]2OC[C@H]3CCCN3C2=O)cc1. The summed E-state index contributed by atoms with van der Waals surface area (Å²) in [5.41, 5.74) is 1.27. The molecule has 0 unspecified atom stereocenters. The molecular formula is C17H21N3O4. The van der Waals surface area contributed by atoms with Crippen molar-refractivity contribution in [3.05, 3.63) is 24.3 Å². The summed E-state index contributed by atoms with van der Waals surface area (Å²) in [6.07, 6.45) is 1.29. The Kier molecular flexibility index (Phi) is 4.80. The average Bonchev–Trinajstić information content (AvgIpc) is 3.01. The first-order chi connectivity index (χ1) is 11.5. The van der Waals surface area contributed by atoms with Crippen molar-refractivity contribution in [3.63, 3.8) is 0 Å². The van der Waals surface area contributed by atoms with Gasteiger partial charge in [-0.05, 0) is 37.1 Å². The van der Waals surface area contributed by atoms with Crippen LogP contribution < -0.4 is 10.6 Å². The Balaban J connectivity index is 1.53. The molecule has 1 aromatic rings. The highest BCUT2D eigenvalue weighted by atomic mass is 16.5. The van der Waals surface area contributed by atoms with Gasteiger partial charge in [-0.1, -0.05) is 0 Å². The molecule has 2 heterocycles. The van der Waals surface area contributed by atoms with E-state index >= 15 is 0 Å². The Morgan fingerprint density at radius 2 is 1.88 bits per heavy atom. The van der Waals surface area contributed by atoms with Crippen LogP contribution in [0.3, 0.4) is 0 Å². The third-order valence-electron chi connectivity index (χ3n) is 4.29. The van der Waals surface area contributed by atoms with Gasteiger partial charge >= 0.3 is 0 Å². The van der Waals surface area contributed by atoms with Crippen LogP contribution in [0.25, 0.3) is 0 Å². The van der Waals surface area contributed by atoms with E-state index in [1.165, 1.54) is 6.92 Å². The molecule has 3 amide bonds. The molecule has 1 aromatic carbocycles. The van der Waals surface area contributed by atoms with Gasteiger partial charge < -0.3 is 20.3 Å². The molecule has 2 fully saturated rings. The first-order valence-corrected chi connectivity index (χ1v) is 8.12. The third-order valence-corrected chi connectivity index (χ3v) is 4.29. The number of fused-ring (bicyclic) bond motifs is 1. The van der Waals surface area contributed by atoms with E-state index in [2.05, 4.69) is 10.6 Å². The first-order valence-electron chi connectivity index (χ1n) is 8.12. The second kappa shape index (κ2) is 7.00. The van der Waals surface area contributed by atoms with Crippen LogP contribution in [-0.2, 0) is 19.1 Å². The minimum absolute atomic E-state index is 0.00943. The second-order valence-corrected chi connectivity index (χ2v) is 6.16. The zero-order valence-electron chi connectivity index (χ0n) is 13.6. The van der Waals surface area contributed by atoms with Gasteiger partial charge in [0.2, 0.25) is 11.8 Å². The highest BCUT2D eigenvalue weighted by Crippen LogP contribution is 2.25. The number of morpholine rings is 1. The van der Waals surface area contributed by atoms with Crippen LogP contribution in [0, 0.1) is 0 Å². The highest BCUT2D eigenvalue weighted by Gasteiger charge is 2.39. The summed E-state index contributed by atoms with van der Waals surface area (Å²) in [6.45, 7) is 2.70. The Labute approximate surface area is 140 Å². The first kappa shape index (κ1) is 16.4. The quantitative estimate of drug-likeness (QED) is 0.872. The second-order valence-electron chi connectivity index (χ2n) is 6.16. The molecule has 0 aromatic heterocycles. The maximum atomic E-state index is 12.3. The molecular weight excluding hydrogens is 310 g/mol. The number of ether oxygens (including phenoxy) is 1. The molecule has 0 radical (unpaired) electrons. The van der Waals surface area contributed by atoms with E-state index in [9.17, 15) is 14.4 Å². The molecule has 2 N–H and O–H groups in total. The molecule has 3 rings (SSSR count).